The van der Waals surface area contributed by atoms with Crippen molar-refractivity contribution in [2.24, 2.45) is 0 Å². The quantitative estimate of drug-likeness (QED) is 0.850. The van der Waals surface area contributed by atoms with E-state index >= 15 is 0 Å². The number of likely N-dealkylation sites (tertiary alicyclic amines) is 1. The van der Waals surface area contributed by atoms with Crippen molar-refractivity contribution in [3.8, 4) is 0 Å². The van der Waals surface area contributed by atoms with Crippen LogP contribution in [0.4, 0.5) is 4.39 Å². The molecule has 0 radical (unpaired) electrons. The summed E-state index contributed by atoms with van der Waals surface area (Å²) in [5, 5.41) is 19.7. The molecule has 0 bridgehead atoms. The van der Waals surface area contributed by atoms with E-state index in [1.807, 2.05) is 0 Å². The number of piperidine rings is 1. The summed E-state index contributed by atoms with van der Waals surface area (Å²) in [4.78, 5) is 2.13. The van der Waals surface area contributed by atoms with E-state index in [1.165, 1.54) is 12.1 Å². The summed E-state index contributed by atoms with van der Waals surface area (Å²) in [6.07, 6.45) is 0.715. The van der Waals surface area contributed by atoms with Crippen molar-refractivity contribution in [3.63, 3.8) is 0 Å². The zero-order valence-corrected chi connectivity index (χ0v) is 10.6. The lowest BCUT2D eigenvalue weighted by Crippen LogP contribution is -2.54. The molecule has 2 atom stereocenters. The minimum atomic E-state index is -0.966. The minimum Gasteiger partial charge on any atom is -0.389 e. The first-order valence-corrected chi connectivity index (χ1v) is 6.34. The summed E-state index contributed by atoms with van der Waals surface area (Å²) in [7, 11) is 0. The van der Waals surface area contributed by atoms with E-state index in [4.69, 9.17) is 0 Å². The lowest BCUT2D eigenvalue weighted by atomic mass is 9.90. The molecule has 4 heteroatoms. The molecule has 0 spiro atoms. The lowest BCUT2D eigenvalue weighted by Gasteiger charge is -2.39. The van der Waals surface area contributed by atoms with Gasteiger partial charge < -0.3 is 15.1 Å². The molecule has 1 aliphatic heterocycles. The smallest absolute Gasteiger partial charge is 0.123 e. The van der Waals surface area contributed by atoms with Crippen LogP contribution in [0.2, 0.25) is 0 Å². The van der Waals surface area contributed by atoms with Crippen molar-refractivity contribution in [1.29, 1.82) is 0 Å². The van der Waals surface area contributed by atoms with Crippen LogP contribution in [0.3, 0.4) is 0 Å². The third kappa shape index (κ3) is 3.28. The van der Waals surface area contributed by atoms with Crippen LogP contribution in [-0.4, -0.2) is 46.5 Å². The van der Waals surface area contributed by atoms with E-state index in [2.05, 4.69) is 4.90 Å². The van der Waals surface area contributed by atoms with Gasteiger partial charge in [-0.15, -0.1) is 0 Å². The Labute approximate surface area is 107 Å². The average molecular weight is 253 g/mol. The fourth-order valence-electron chi connectivity index (χ4n) is 2.22. The van der Waals surface area contributed by atoms with Crippen LogP contribution < -0.4 is 0 Å². The van der Waals surface area contributed by atoms with Gasteiger partial charge in [-0.25, -0.2) is 4.39 Å². The molecule has 18 heavy (non-hydrogen) atoms. The number of aliphatic hydroxyl groups is 2. The normalized spacial score (nSPS) is 29.4. The Morgan fingerprint density at radius 3 is 2.67 bits per heavy atom. The molecule has 1 fully saturated rings. The van der Waals surface area contributed by atoms with Gasteiger partial charge in [-0.3, -0.25) is 0 Å². The minimum absolute atomic E-state index is 0.219. The Hall–Kier alpha value is -0.970. The largest absolute Gasteiger partial charge is 0.389 e. The highest BCUT2D eigenvalue weighted by Gasteiger charge is 2.35. The molecular formula is C14H20FNO2. The van der Waals surface area contributed by atoms with Crippen molar-refractivity contribution in [2.45, 2.75) is 31.5 Å². The number of hydrogen-bond acceptors (Lipinski definition) is 3. The highest BCUT2D eigenvalue weighted by Crippen LogP contribution is 2.21. The Morgan fingerprint density at radius 2 is 2.06 bits per heavy atom. The fourth-order valence-corrected chi connectivity index (χ4v) is 2.22. The molecule has 0 aliphatic carbocycles. The van der Waals surface area contributed by atoms with Gasteiger partial charge in [-0.2, -0.15) is 0 Å². The summed E-state index contributed by atoms with van der Waals surface area (Å²) in [5.41, 5.74) is 0.120. The van der Waals surface area contributed by atoms with Crippen molar-refractivity contribution in [1.82, 2.24) is 4.90 Å². The van der Waals surface area contributed by atoms with E-state index in [0.29, 0.717) is 13.0 Å². The van der Waals surface area contributed by atoms with E-state index < -0.39 is 11.7 Å². The predicted octanol–water partition coefficient (Wildman–Crippen LogP) is 1.19. The van der Waals surface area contributed by atoms with Crippen molar-refractivity contribution in [2.75, 3.05) is 19.6 Å². The molecule has 1 aromatic carbocycles. The third-order valence-corrected chi connectivity index (χ3v) is 3.71. The fraction of sp³-hybridized carbons (Fsp3) is 0.571. The van der Waals surface area contributed by atoms with Gasteiger partial charge in [0.05, 0.1) is 11.7 Å². The molecule has 2 N–H and O–H groups in total. The monoisotopic (exact) mass is 253 g/mol. The second-order valence-electron chi connectivity index (χ2n) is 5.30. The lowest BCUT2D eigenvalue weighted by molar-refractivity contribution is -0.106. The van der Waals surface area contributed by atoms with Gasteiger partial charge in [0.2, 0.25) is 0 Å². The van der Waals surface area contributed by atoms with E-state index in [9.17, 15) is 14.6 Å². The number of hydrogen-bond donors (Lipinski definition) is 2. The SMILES string of the molecule is C[C@@]1(O)CCN(CCc2ccc(F)cc2)C[C@H]1O. The van der Waals surface area contributed by atoms with Gasteiger partial charge >= 0.3 is 0 Å². The maximum absolute atomic E-state index is 12.7. The van der Waals surface area contributed by atoms with E-state index in [0.717, 1.165) is 25.1 Å². The average Bonchev–Trinajstić information content (AvgIpc) is 2.33. The predicted molar refractivity (Wildman–Crippen MR) is 67.8 cm³/mol. The molecule has 1 aliphatic rings. The highest BCUT2D eigenvalue weighted by molar-refractivity contribution is 5.16. The standard InChI is InChI=1S/C14H20FNO2/c1-14(18)7-9-16(10-13(14)17)8-6-11-2-4-12(15)5-3-11/h2-5,13,17-18H,6-10H2,1H3/t13-,14-/m1/s1. The zero-order valence-electron chi connectivity index (χ0n) is 10.6. The van der Waals surface area contributed by atoms with Crippen LogP contribution in [-0.2, 0) is 6.42 Å². The summed E-state index contributed by atoms with van der Waals surface area (Å²) < 4.78 is 12.7. The Morgan fingerprint density at radius 1 is 1.39 bits per heavy atom. The van der Waals surface area contributed by atoms with Crippen LogP contribution in [0.25, 0.3) is 0 Å². The summed E-state index contributed by atoms with van der Waals surface area (Å²) in [5.74, 6) is -0.219. The second-order valence-corrected chi connectivity index (χ2v) is 5.30. The van der Waals surface area contributed by atoms with Gasteiger partial charge in [0.25, 0.3) is 0 Å². The van der Waals surface area contributed by atoms with Crippen LogP contribution in [0.1, 0.15) is 18.9 Å². The maximum Gasteiger partial charge on any atom is 0.123 e. The van der Waals surface area contributed by atoms with Gasteiger partial charge in [0.1, 0.15) is 5.82 Å². The molecule has 0 aromatic heterocycles. The summed E-state index contributed by atoms with van der Waals surface area (Å²) in [6, 6.07) is 6.49. The van der Waals surface area contributed by atoms with Gasteiger partial charge in [-0.1, -0.05) is 12.1 Å². The maximum atomic E-state index is 12.7. The Kier molecular flexibility index (Phi) is 4.00. The van der Waals surface area contributed by atoms with Crippen molar-refractivity contribution in [3.05, 3.63) is 35.6 Å². The molecular weight excluding hydrogens is 233 g/mol. The summed E-state index contributed by atoms with van der Waals surface area (Å²) >= 11 is 0. The van der Waals surface area contributed by atoms with Crippen molar-refractivity contribution >= 4 is 0 Å². The van der Waals surface area contributed by atoms with Gasteiger partial charge in [-0.05, 0) is 37.5 Å². The van der Waals surface area contributed by atoms with Crippen LogP contribution in [0, 0.1) is 5.82 Å². The Balaban J connectivity index is 1.83. The van der Waals surface area contributed by atoms with Crippen LogP contribution >= 0.6 is 0 Å². The van der Waals surface area contributed by atoms with E-state index in [1.54, 1.807) is 19.1 Å². The molecule has 2 rings (SSSR count). The zero-order chi connectivity index (χ0) is 13.2. The Bertz CT molecular complexity index is 391. The molecule has 0 saturated carbocycles. The number of rotatable bonds is 3. The van der Waals surface area contributed by atoms with Gasteiger partial charge in [0.15, 0.2) is 0 Å². The molecule has 0 amide bonds. The first kappa shape index (κ1) is 13.5. The number of nitrogens with zero attached hydrogens (tertiary/aromatic N) is 1. The summed E-state index contributed by atoms with van der Waals surface area (Å²) in [6.45, 7) is 3.77. The van der Waals surface area contributed by atoms with E-state index in [-0.39, 0.29) is 5.82 Å². The number of benzene rings is 1. The molecule has 1 heterocycles. The number of β-amino-alcohol motifs (C(OH)–C–C–N with tert-alkyl or cyclic N) is 1. The number of halogens is 1. The molecule has 1 aromatic rings. The highest BCUT2D eigenvalue weighted by atomic mass is 19.1. The molecule has 0 unspecified atom stereocenters. The van der Waals surface area contributed by atoms with Gasteiger partial charge in [0, 0.05) is 19.6 Å². The molecule has 3 nitrogen and oxygen atoms in total. The van der Waals surface area contributed by atoms with Crippen LogP contribution in [0.15, 0.2) is 24.3 Å². The first-order valence-electron chi connectivity index (χ1n) is 6.34. The first-order chi connectivity index (χ1) is 8.47. The number of aliphatic hydroxyl groups excluding tert-OH is 1. The van der Waals surface area contributed by atoms with Crippen molar-refractivity contribution < 1.29 is 14.6 Å². The second kappa shape index (κ2) is 5.34. The van der Waals surface area contributed by atoms with Crippen LogP contribution in [0.5, 0.6) is 0 Å². The topological polar surface area (TPSA) is 43.7 Å². The molecule has 1 saturated heterocycles. The molecule has 100 valence electrons. The third-order valence-electron chi connectivity index (χ3n) is 3.71.